The summed E-state index contributed by atoms with van der Waals surface area (Å²) in [6, 6.07) is 15.9. The molecule has 0 bridgehead atoms. The minimum Gasteiger partial charge on any atom is -0.493 e. The summed E-state index contributed by atoms with van der Waals surface area (Å²) in [6.45, 7) is 2.58. The van der Waals surface area contributed by atoms with Crippen LogP contribution >= 0.6 is 0 Å². The minimum atomic E-state index is -0.0722. The van der Waals surface area contributed by atoms with E-state index in [2.05, 4.69) is 13.0 Å². The van der Waals surface area contributed by atoms with Crippen molar-refractivity contribution in [2.24, 2.45) is 5.92 Å². The van der Waals surface area contributed by atoms with Gasteiger partial charge in [0, 0.05) is 5.56 Å². The summed E-state index contributed by atoms with van der Waals surface area (Å²) in [5.74, 6) is 1.03. The Kier molecular flexibility index (Phi) is 3.55. The van der Waals surface area contributed by atoms with E-state index in [4.69, 9.17) is 4.74 Å². The lowest BCUT2D eigenvalue weighted by Crippen LogP contribution is -2.28. The average molecular weight is 266 g/mol. The van der Waals surface area contributed by atoms with E-state index >= 15 is 0 Å². The van der Waals surface area contributed by atoms with Crippen LogP contribution in [0.5, 0.6) is 5.75 Å². The molecule has 2 heteroatoms. The van der Waals surface area contributed by atoms with Crippen LogP contribution in [0.15, 0.2) is 48.5 Å². The van der Waals surface area contributed by atoms with Crippen molar-refractivity contribution >= 4 is 5.78 Å². The highest BCUT2D eigenvalue weighted by Crippen LogP contribution is 2.28. The predicted molar refractivity (Wildman–Crippen MR) is 79.3 cm³/mol. The van der Waals surface area contributed by atoms with Gasteiger partial charge in [-0.3, -0.25) is 4.79 Å². The van der Waals surface area contributed by atoms with E-state index in [-0.39, 0.29) is 11.7 Å². The zero-order chi connectivity index (χ0) is 13.9. The van der Waals surface area contributed by atoms with Gasteiger partial charge in [0.05, 0.1) is 12.5 Å². The van der Waals surface area contributed by atoms with Gasteiger partial charge in [-0.15, -0.1) is 0 Å². The number of para-hydroxylation sites is 1. The summed E-state index contributed by atoms with van der Waals surface area (Å²) >= 11 is 0. The molecule has 0 N–H and O–H groups in total. The monoisotopic (exact) mass is 266 g/mol. The first-order valence-electron chi connectivity index (χ1n) is 7.12. The number of rotatable bonds is 3. The van der Waals surface area contributed by atoms with Gasteiger partial charge in [-0.1, -0.05) is 43.3 Å². The van der Waals surface area contributed by atoms with Crippen LogP contribution < -0.4 is 4.74 Å². The van der Waals surface area contributed by atoms with Crippen LogP contribution in [0.25, 0.3) is 0 Å². The standard InChI is InChI=1S/C18H18O2/c1-2-13-6-5-8-15(10-13)18(19)16-11-14-7-3-4-9-17(14)20-12-16/h3-10,16H,2,11-12H2,1H3. The number of benzene rings is 2. The maximum Gasteiger partial charge on any atom is 0.169 e. The second kappa shape index (κ2) is 5.49. The first-order valence-corrected chi connectivity index (χ1v) is 7.12. The molecule has 0 spiro atoms. The van der Waals surface area contributed by atoms with E-state index in [1.54, 1.807) is 0 Å². The lowest BCUT2D eigenvalue weighted by molar-refractivity contribution is 0.0855. The summed E-state index contributed by atoms with van der Waals surface area (Å²) in [6.07, 6.45) is 1.72. The fourth-order valence-electron chi connectivity index (χ4n) is 2.68. The molecule has 2 aromatic carbocycles. The van der Waals surface area contributed by atoms with Gasteiger partial charge in [0.15, 0.2) is 5.78 Å². The number of aryl methyl sites for hydroxylation is 1. The highest BCUT2D eigenvalue weighted by molar-refractivity contribution is 5.98. The third-order valence-electron chi connectivity index (χ3n) is 3.87. The van der Waals surface area contributed by atoms with Gasteiger partial charge in [-0.05, 0) is 36.1 Å². The van der Waals surface area contributed by atoms with E-state index in [1.165, 1.54) is 5.56 Å². The summed E-state index contributed by atoms with van der Waals surface area (Å²) in [5.41, 5.74) is 3.13. The van der Waals surface area contributed by atoms with Crippen LogP contribution in [0.1, 0.15) is 28.4 Å². The first kappa shape index (κ1) is 12.9. The fraction of sp³-hybridized carbons (Fsp3) is 0.278. The number of carbonyl (C=O) groups is 1. The van der Waals surface area contributed by atoms with Crippen molar-refractivity contribution < 1.29 is 9.53 Å². The van der Waals surface area contributed by atoms with Crippen LogP contribution in [-0.2, 0) is 12.8 Å². The molecule has 102 valence electrons. The second-order valence-electron chi connectivity index (χ2n) is 5.24. The number of ketones is 1. The Labute approximate surface area is 119 Å². The van der Waals surface area contributed by atoms with Crippen LogP contribution in [0, 0.1) is 5.92 Å². The smallest absolute Gasteiger partial charge is 0.169 e. The van der Waals surface area contributed by atoms with Gasteiger partial charge in [0.1, 0.15) is 5.75 Å². The molecule has 1 aliphatic heterocycles. The molecule has 1 unspecified atom stereocenters. The number of fused-ring (bicyclic) bond motifs is 1. The molecular formula is C18H18O2. The maximum atomic E-state index is 12.6. The fourth-order valence-corrected chi connectivity index (χ4v) is 2.68. The van der Waals surface area contributed by atoms with Crippen molar-refractivity contribution in [3.8, 4) is 5.75 Å². The van der Waals surface area contributed by atoms with Gasteiger partial charge in [0.25, 0.3) is 0 Å². The molecule has 2 aromatic rings. The van der Waals surface area contributed by atoms with Crippen molar-refractivity contribution in [2.45, 2.75) is 19.8 Å². The molecule has 1 atom stereocenters. The normalized spacial score (nSPS) is 17.1. The Morgan fingerprint density at radius 2 is 2.05 bits per heavy atom. The van der Waals surface area contributed by atoms with Gasteiger partial charge in [-0.25, -0.2) is 0 Å². The van der Waals surface area contributed by atoms with Gasteiger partial charge < -0.3 is 4.74 Å². The summed E-state index contributed by atoms with van der Waals surface area (Å²) in [4.78, 5) is 12.6. The SMILES string of the molecule is CCc1cccc(C(=O)C2COc3ccccc3C2)c1. The Balaban J connectivity index is 1.82. The van der Waals surface area contributed by atoms with E-state index in [0.29, 0.717) is 6.61 Å². The van der Waals surface area contributed by atoms with Crippen LogP contribution in [0.3, 0.4) is 0 Å². The average Bonchev–Trinajstić information content (AvgIpc) is 2.53. The van der Waals surface area contributed by atoms with Crippen LogP contribution in [-0.4, -0.2) is 12.4 Å². The number of hydrogen-bond donors (Lipinski definition) is 0. The molecule has 0 saturated heterocycles. The number of carbonyl (C=O) groups excluding carboxylic acids is 1. The third kappa shape index (κ3) is 2.46. The highest BCUT2D eigenvalue weighted by Gasteiger charge is 2.26. The zero-order valence-corrected chi connectivity index (χ0v) is 11.6. The van der Waals surface area contributed by atoms with Crippen molar-refractivity contribution in [3.05, 3.63) is 65.2 Å². The Hall–Kier alpha value is -2.09. The third-order valence-corrected chi connectivity index (χ3v) is 3.87. The van der Waals surface area contributed by atoms with E-state index in [0.717, 1.165) is 29.7 Å². The molecule has 3 rings (SSSR count). The minimum absolute atomic E-state index is 0.0722. The van der Waals surface area contributed by atoms with Crippen molar-refractivity contribution in [3.63, 3.8) is 0 Å². The lowest BCUT2D eigenvalue weighted by Gasteiger charge is -2.24. The highest BCUT2D eigenvalue weighted by atomic mass is 16.5. The maximum absolute atomic E-state index is 12.6. The molecule has 2 nitrogen and oxygen atoms in total. The Morgan fingerprint density at radius 3 is 2.90 bits per heavy atom. The molecule has 0 fully saturated rings. The molecule has 20 heavy (non-hydrogen) atoms. The van der Waals surface area contributed by atoms with Crippen molar-refractivity contribution in [2.75, 3.05) is 6.61 Å². The molecule has 0 aliphatic carbocycles. The number of Topliss-reactive ketones (excluding diaryl/α,β-unsaturated/α-hetero) is 1. The largest absolute Gasteiger partial charge is 0.493 e. The molecule has 0 radical (unpaired) electrons. The zero-order valence-electron chi connectivity index (χ0n) is 11.6. The predicted octanol–water partition coefficient (Wildman–Crippen LogP) is 3.68. The summed E-state index contributed by atoms with van der Waals surface area (Å²) in [5, 5.41) is 0. The number of ether oxygens (including phenoxy) is 1. The van der Waals surface area contributed by atoms with Crippen molar-refractivity contribution in [1.82, 2.24) is 0 Å². The van der Waals surface area contributed by atoms with E-state index in [1.807, 2.05) is 42.5 Å². The molecule has 1 aliphatic rings. The van der Waals surface area contributed by atoms with Gasteiger partial charge >= 0.3 is 0 Å². The van der Waals surface area contributed by atoms with Crippen LogP contribution in [0.4, 0.5) is 0 Å². The van der Waals surface area contributed by atoms with Gasteiger partial charge in [-0.2, -0.15) is 0 Å². The number of hydrogen-bond acceptors (Lipinski definition) is 2. The molecule has 0 saturated carbocycles. The topological polar surface area (TPSA) is 26.3 Å². The molecule has 0 aromatic heterocycles. The first-order chi connectivity index (χ1) is 9.78. The molecular weight excluding hydrogens is 248 g/mol. The van der Waals surface area contributed by atoms with Crippen molar-refractivity contribution in [1.29, 1.82) is 0 Å². The summed E-state index contributed by atoms with van der Waals surface area (Å²) in [7, 11) is 0. The van der Waals surface area contributed by atoms with Gasteiger partial charge in [0.2, 0.25) is 0 Å². The second-order valence-corrected chi connectivity index (χ2v) is 5.24. The quantitative estimate of drug-likeness (QED) is 0.792. The Morgan fingerprint density at radius 1 is 1.20 bits per heavy atom. The lowest BCUT2D eigenvalue weighted by atomic mass is 9.89. The Bertz CT molecular complexity index is 631. The summed E-state index contributed by atoms with van der Waals surface area (Å²) < 4.78 is 5.71. The van der Waals surface area contributed by atoms with E-state index in [9.17, 15) is 4.79 Å². The molecule has 0 amide bonds. The van der Waals surface area contributed by atoms with Crippen LogP contribution in [0.2, 0.25) is 0 Å². The van der Waals surface area contributed by atoms with E-state index < -0.39 is 0 Å². The molecule has 1 heterocycles.